The predicted octanol–water partition coefficient (Wildman–Crippen LogP) is 2.93. The second-order valence-electron chi connectivity index (χ2n) is 1.05. The van der Waals surface area contributed by atoms with E-state index in [-0.39, 0.29) is 67.0 Å². The minimum absolute atomic E-state index is 0. The van der Waals surface area contributed by atoms with Crippen LogP contribution in [0.2, 0.25) is 0 Å². The molecule has 0 saturated carbocycles. The third-order valence-corrected chi connectivity index (χ3v) is 0.736. The number of rotatable bonds is 0. The first-order valence-corrected chi connectivity index (χ1v) is 3.03. The molecule has 0 heterocycles. The average molecular weight is 328 g/mol. The van der Waals surface area contributed by atoms with Crippen molar-refractivity contribution in [3.8, 4) is 0 Å². The fraction of sp³-hybridized carbons (Fsp3) is 0.778. The molecule has 0 aromatic carbocycles. The second-order valence-corrected chi connectivity index (χ2v) is 1.85. The maximum absolute atomic E-state index is 4.80. The molecular formula is C9H30N2O2S2Zn. The summed E-state index contributed by atoms with van der Waals surface area (Å²) in [6, 6.07) is 0. The van der Waals surface area contributed by atoms with Gasteiger partial charge in [0.2, 0.25) is 0 Å². The molecule has 102 valence electrons. The van der Waals surface area contributed by atoms with Crippen molar-refractivity contribution in [2.45, 2.75) is 37.1 Å². The zero-order valence-corrected chi connectivity index (χ0v) is 11.1. The third-order valence-electron chi connectivity index (χ3n) is 0.402. The Labute approximate surface area is 126 Å². The minimum atomic E-state index is 0. The maximum Gasteiger partial charge on any atom is 0.253 e. The van der Waals surface area contributed by atoms with Gasteiger partial charge < -0.3 is 20.9 Å². The van der Waals surface area contributed by atoms with Gasteiger partial charge in [-0.1, -0.05) is 37.1 Å². The van der Waals surface area contributed by atoms with E-state index < -0.39 is 0 Å². The molecule has 0 aromatic heterocycles. The molecule has 0 saturated heterocycles. The van der Waals surface area contributed by atoms with E-state index in [1.54, 1.807) is 0 Å². The fourth-order valence-corrected chi connectivity index (χ4v) is 0. The standard InChI is InChI=1S/2C2H5NOS.5CH4.Zn/c2*1-4-2(3)5;;;;;;/h2*1H3,(H2,3,5);5*1H4;. The van der Waals surface area contributed by atoms with Crippen molar-refractivity contribution >= 4 is 34.8 Å². The first-order chi connectivity index (χ1) is 4.54. The van der Waals surface area contributed by atoms with Gasteiger partial charge in [-0.25, -0.2) is 0 Å². The van der Waals surface area contributed by atoms with Crippen LogP contribution in [-0.4, -0.2) is 24.6 Å². The van der Waals surface area contributed by atoms with Crippen molar-refractivity contribution in [2.24, 2.45) is 11.5 Å². The number of nitrogens with two attached hydrogens (primary N) is 2. The van der Waals surface area contributed by atoms with Gasteiger partial charge >= 0.3 is 0 Å². The summed E-state index contributed by atoms with van der Waals surface area (Å²) in [5, 5.41) is 0.176. The number of hydrogen-bond acceptors (Lipinski definition) is 4. The van der Waals surface area contributed by atoms with E-state index in [1.807, 2.05) is 0 Å². The summed E-state index contributed by atoms with van der Waals surface area (Å²) in [5.74, 6) is 0. The molecule has 0 rings (SSSR count). The van der Waals surface area contributed by atoms with Crippen molar-refractivity contribution in [2.75, 3.05) is 14.2 Å². The Morgan fingerprint density at radius 2 is 0.812 bits per heavy atom. The molecule has 0 atom stereocenters. The summed E-state index contributed by atoms with van der Waals surface area (Å²) in [5.41, 5.74) is 9.60. The van der Waals surface area contributed by atoms with Gasteiger partial charge in [0, 0.05) is 19.5 Å². The smallest absolute Gasteiger partial charge is 0.253 e. The second kappa shape index (κ2) is 45.9. The Bertz CT molecular complexity index is 114. The van der Waals surface area contributed by atoms with Gasteiger partial charge in [0.15, 0.2) is 0 Å². The molecule has 0 aliphatic carbocycles. The molecule has 4 N–H and O–H groups in total. The molecule has 0 spiro atoms. The predicted molar refractivity (Wildman–Crippen MR) is 81.2 cm³/mol. The molecule has 0 aromatic rings. The van der Waals surface area contributed by atoms with Crippen LogP contribution in [0.15, 0.2) is 0 Å². The fourth-order valence-electron chi connectivity index (χ4n) is 0. The van der Waals surface area contributed by atoms with Crippen LogP contribution >= 0.6 is 24.4 Å². The minimum Gasteiger partial charge on any atom is -0.475 e. The Morgan fingerprint density at radius 1 is 0.750 bits per heavy atom. The molecule has 7 heteroatoms. The quantitative estimate of drug-likeness (QED) is 0.526. The molecule has 16 heavy (non-hydrogen) atoms. The Kier molecular flexibility index (Phi) is 161. The topological polar surface area (TPSA) is 70.5 Å². The van der Waals surface area contributed by atoms with Crippen molar-refractivity contribution in [1.29, 1.82) is 0 Å². The molecule has 0 aliphatic heterocycles. The van der Waals surface area contributed by atoms with Crippen LogP contribution in [0.25, 0.3) is 0 Å². The maximum atomic E-state index is 4.80. The van der Waals surface area contributed by atoms with E-state index in [1.165, 1.54) is 14.2 Å². The van der Waals surface area contributed by atoms with Crippen LogP contribution in [0.5, 0.6) is 0 Å². The average Bonchev–Trinajstić information content (AvgIpc) is 1.89. The van der Waals surface area contributed by atoms with E-state index in [0.717, 1.165) is 0 Å². The SMILES string of the molecule is C.C.C.C.C.COC(N)=S.COC(N)=S.[Zn]. The number of thiocarbonyl (C=S) groups is 2. The molecule has 0 amide bonds. The van der Waals surface area contributed by atoms with Gasteiger partial charge in [-0.15, -0.1) is 0 Å². The van der Waals surface area contributed by atoms with Crippen LogP contribution in [-0.2, 0) is 29.0 Å². The summed E-state index contributed by atoms with van der Waals surface area (Å²) in [6.07, 6.45) is 0. The van der Waals surface area contributed by atoms with Gasteiger partial charge in [-0.05, 0) is 24.4 Å². The summed E-state index contributed by atoms with van der Waals surface area (Å²) in [4.78, 5) is 0. The third kappa shape index (κ3) is 148. The van der Waals surface area contributed by atoms with E-state index in [0.29, 0.717) is 0 Å². The van der Waals surface area contributed by atoms with Crippen LogP contribution in [0, 0.1) is 0 Å². The molecule has 0 fully saturated rings. The summed E-state index contributed by atoms with van der Waals surface area (Å²) in [6.45, 7) is 0. The Morgan fingerprint density at radius 3 is 0.812 bits per heavy atom. The van der Waals surface area contributed by atoms with Crippen molar-refractivity contribution in [3.63, 3.8) is 0 Å². The van der Waals surface area contributed by atoms with Gasteiger partial charge in [0.25, 0.3) is 10.3 Å². The number of methoxy groups -OCH3 is 2. The molecule has 4 nitrogen and oxygen atoms in total. The molecule has 0 aliphatic rings. The summed E-state index contributed by atoms with van der Waals surface area (Å²) >= 11 is 8.50. The summed E-state index contributed by atoms with van der Waals surface area (Å²) in [7, 11) is 2.87. The molecule has 0 bridgehead atoms. The van der Waals surface area contributed by atoms with Crippen molar-refractivity contribution in [1.82, 2.24) is 0 Å². The van der Waals surface area contributed by atoms with Crippen LogP contribution in [0.4, 0.5) is 0 Å². The molecular weight excluding hydrogens is 298 g/mol. The van der Waals surface area contributed by atoms with Gasteiger partial charge in [0.1, 0.15) is 0 Å². The van der Waals surface area contributed by atoms with Gasteiger partial charge in [-0.2, -0.15) is 0 Å². The van der Waals surface area contributed by atoms with Crippen LogP contribution in [0.1, 0.15) is 37.1 Å². The summed E-state index contributed by atoms with van der Waals surface area (Å²) < 4.78 is 8.52. The van der Waals surface area contributed by atoms with Gasteiger partial charge in [0.05, 0.1) is 14.2 Å². The van der Waals surface area contributed by atoms with E-state index in [2.05, 4.69) is 33.9 Å². The van der Waals surface area contributed by atoms with E-state index >= 15 is 0 Å². The zero-order valence-electron chi connectivity index (χ0n) is 6.49. The molecule has 0 radical (unpaired) electrons. The van der Waals surface area contributed by atoms with E-state index in [4.69, 9.17) is 11.5 Å². The Balaban J connectivity index is -0.00000000970. The number of hydrogen-bond donors (Lipinski definition) is 2. The largest absolute Gasteiger partial charge is 0.475 e. The number of ether oxygens (including phenoxy) is 2. The van der Waals surface area contributed by atoms with Crippen molar-refractivity contribution in [3.05, 3.63) is 0 Å². The zero-order chi connectivity index (χ0) is 8.57. The molecule has 0 unspecified atom stereocenters. The van der Waals surface area contributed by atoms with Crippen molar-refractivity contribution < 1.29 is 29.0 Å². The van der Waals surface area contributed by atoms with E-state index in [9.17, 15) is 0 Å². The normalized spacial score (nSPS) is 4.12. The first kappa shape index (κ1) is 56.2. The monoisotopic (exact) mass is 326 g/mol. The van der Waals surface area contributed by atoms with Crippen LogP contribution < -0.4 is 11.5 Å². The van der Waals surface area contributed by atoms with Gasteiger partial charge in [-0.3, -0.25) is 0 Å². The Hall–Kier alpha value is 0.00338. The first-order valence-electron chi connectivity index (χ1n) is 2.21. The van der Waals surface area contributed by atoms with Crippen LogP contribution in [0.3, 0.4) is 0 Å².